The van der Waals surface area contributed by atoms with E-state index in [1.165, 1.54) is 0 Å². The van der Waals surface area contributed by atoms with Crippen LogP contribution in [0.15, 0.2) is 30.4 Å². The molecule has 104 valence electrons. The quantitative estimate of drug-likeness (QED) is 0.839. The van der Waals surface area contributed by atoms with Crippen LogP contribution in [0.2, 0.25) is 0 Å². The molecule has 0 spiro atoms. The van der Waals surface area contributed by atoms with Gasteiger partial charge in [0.15, 0.2) is 0 Å². The highest BCUT2D eigenvalue weighted by Crippen LogP contribution is 2.25. The standard InChI is InChI=1S/C16H17NO3/c18-15(12-3-1-2-4-12)17-8-7-11-5-6-13(16(19)20)9-14(11)10-17/h1-2,5-6,9,12H,3-4,7-8,10H2,(H,19,20). The van der Waals surface area contributed by atoms with Gasteiger partial charge in [-0.2, -0.15) is 0 Å². The molecule has 0 aromatic heterocycles. The lowest BCUT2D eigenvalue weighted by Gasteiger charge is -2.31. The van der Waals surface area contributed by atoms with Crippen LogP contribution < -0.4 is 0 Å². The molecule has 0 bridgehead atoms. The van der Waals surface area contributed by atoms with Crippen molar-refractivity contribution < 1.29 is 14.7 Å². The zero-order valence-electron chi connectivity index (χ0n) is 11.2. The summed E-state index contributed by atoms with van der Waals surface area (Å²) in [6.45, 7) is 1.26. The summed E-state index contributed by atoms with van der Waals surface area (Å²) in [5, 5.41) is 9.05. The van der Waals surface area contributed by atoms with Crippen molar-refractivity contribution in [3.8, 4) is 0 Å². The highest BCUT2D eigenvalue weighted by atomic mass is 16.4. The number of hydrogen-bond donors (Lipinski definition) is 1. The molecule has 1 aliphatic carbocycles. The number of amides is 1. The molecule has 1 aromatic carbocycles. The van der Waals surface area contributed by atoms with Crippen molar-refractivity contribution in [2.45, 2.75) is 25.8 Å². The Morgan fingerprint density at radius 2 is 1.90 bits per heavy atom. The number of carboxylic acids is 1. The smallest absolute Gasteiger partial charge is 0.335 e. The molecule has 0 fully saturated rings. The predicted molar refractivity (Wildman–Crippen MR) is 74.4 cm³/mol. The molecule has 0 saturated carbocycles. The van der Waals surface area contributed by atoms with Crippen molar-refractivity contribution in [2.75, 3.05) is 6.54 Å². The Labute approximate surface area is 117 Å². The second kappa shape index (κ2) is 5.12. The Kier molecular flexibility index (Phi) is 3.30. The first-order valence-corrected chi connectivity index (χ1v) is 6.94. The fraction of sp³-hybridized carbons (Fsp3) is 0.375. The summed E-state index contributed by atoms with van der Waals surface area (Å²) in [6, 6.07) is 5.21. The third-order valence-corrected chi connectivity index (χ3v) is 4.13. The average molecular weight is 271 g/mol. The maximum Gasteiger partial charge on any atom is 0.335 e. The van der Waals surface area contributed by atoms with Crippen molar-refractivity contribution in [2.24, 2.45) is 5.92 Å². The number of allylic oxidation sites excluding steroid dienone is 2. The Balaban J connectivity index is 1.78. The molecule has 3 rings (SSSR count). The van der Waals surface area contributed by atoms with Gasteiger partial charge in [0.25, 0.3) is 0 Å². The molecule has 1 heterocycles. The molecule has 0 saturated heterocycles. The molecule has 0 atom stereocenters. The van der Waals surface area contributed by atoms with E-state index in [0.29, 0.717) is 12.1 Å². The molecule has 1 N–H and O–H groups in total. The molecule has 2 aliphatic rings. The maximum absolute atomic E-state index is 12.4. The van der Waals surface area contributed by atoms with Gasteiger partial charge < -0.3 is 10.0 Å². The lowest BCUT2D eigenvalue weighted by Crippen LogP contribution is -2.39. The average Bonchev–Trinajstić information content (AvgIpc) is 2.99. The van der Waals surface area contributed by atoms with E-state index in [0.717, 1.165) is 36.9 Å². The van der Waals surface area contributed by atoms with Crippen molar-refractivity contribution in [1.82, 2.24) is 4.90 Å². The number of carbonyl (C=O) groups excluding carboxylic acids is 1. The van der Waals surface area contributed by atoms with Gasteiger partial charge in [0.05, 0.1) is 5.56 Å². The van der Waals surface area contributed by atoms with E-state index < -0.39 is 5.97 Å². The van der Waals surface area contributed by atoms with Crippen molar-refractivity contribution in [1.29, 1.82) is 0 Å². The van der Waals surface area contributed by atoms with Crippen molar-refractivity contribution >= 4 is 11.9 Å². The Morgan fingerprint density at radius 1 is 1.15 bits per heavy atom. The Morgan fingerprint density at radius 3 is 2.60 bits per heavy atom. The van der Waals surface area contributed by atoms with Gasteiger partial charge in [0, 0.05) is 19.0 Å². The third kappa shape index (κ3) is 2.33. The Bertz CT molecular complexity index is 583. The number of hydrogen-bond acceptors (Lipinski definition) is 2. The maximum atomic E-state index is 12.4. The van der Waals surface area contributed by atoms with Crippen LogP contribution in [0.1, 0.15) is 34.3 Å². The largest absolute Gasteiger partial charge is 0.478 e. The number of fused-ring (bicyclic) bond motifs is 1. The molecule has 1 amide bonds. The third-order valence-electron chi connectivity index (χ3n) is 4.13. The lowest BCUT2D eigenvalue weighted by molar-refractivity contribution is -0.136. The van der Waals surface area contributed by atoms with Gasteiger partial charge in [-0.1, -0.05) is 18.2 Å². The monoisotopic (exact) mass is 271 g/mol. The molecule has 20 heavy (non-hydrogen) atoms. The summed E-state index contributed by atoms with van der Waals surface area (Å²) in [5.74, 6) is -0.642. The van der Waals surface area contributed by atoms with Crippen LogP contribution in [0.4, 0.5) is 0 Å². The minimum atomic E-state index is -0.920. The van der Waals surface area contributed by atoms with E-state index >= 15 is 0 Å². The van der Waals surface area contributed by atoms with Crippen LogP contribution in [0.3, 0.4) is 0 Å². The first kappa shape index (κ1) is 12.9. The topological polar surface area (TPSA) is 57.6 Å². The summed E-state index contributed by atoms with van der Waals surface area (Å²) in [7, 11) is 0. The molecule has 1 aliphatic heterocycles. The van der Waals surface area contributed by atoms with E-state index in [-0.39, 0.29) is 11.8 Å². The fourth-order valence-electron chi connectivity index (χ4n) is 2.96. The van der Waals surface area contributed by atoms with Crippen LogP contribution in [-0.2, 0) is 17.8 Å². The number of nitrogens with zero attached hydrogens (tertiary/aromatic N) is 1. The lowest BCUT2D eigenvalue weighted by atomic mass is 9.96. The minimum absolute atomic E-state index is 0.0826. The van der Waals surface area contributed by atoms with Crippen LogP contribution in [0.5, 0.6) is 0 Å². The molecular weight excluding hydrogens is 254 g/mol. The zero-order chi connectivity index (χ0) is 14.1. The molecule has 0 unspecified atom stereocenters. The van der Waals surface area contributed by atoms with Gasteiger partial charge in [0.2, 0.25) is 5.91 Å². The number of aromatic carboxylic acids is 1. The summed E-state index contributed by atoms with van der Waals surface area (Å²) < 4.78 is 0. The van der Waals surface area contributed by atoms with E-state index in [1.807, 2.05) is 11.0 Å². The van der Waals surface area contributed by atoms with Gasteiger partial charge >= 0.3 is 5.97 Å². The highest BCUT2D eigenvalue weighted by Gasteiger charge is 2.27. The SMILES string of the molecule is O=C(O)c1ccc2c(c1)CN(C(=O)C1CC=CC1)CC2. The van der Waals surface area contributed by atoms with Gasteiger partial charge in [-0.05, 0) is 42.5 Å². The second-order valence-electron chi connectivity index (χ2n) is 5.44. The summed E-state index contributed by atoms with van der Waals surface area (Å²) in [6.07, 6.45) is 6.59. The molecule has 4 heteroatoms. The predicted octanol–water partition coefficient (Wildman–Crippen LogP) is 2.24. The van der Waals surface area contributed by atoms with Crippen LogP contribution in [0, 0.1) is 5.92 Å². The number of rotatable bonds is 2. The van der Waals surface area contributed by atoms with E-state index in [4.69, 9.17) is 5.11 Å². The van der Waals surface area contributed by atoms with Crippen molar-refractivity contribution in [3.63, 3.8) is 0 Å². The summed E-state index contributed by atoms with van der Waals surface area (Å²) >= 11 is 0. The second-order valence-corrected chi connectivity index (χ2v) is 5.44. The van der Waals surface area contributed by atoms with Crippen LogP contribution in [-0.4, -0.2) is 28.4 Å². The van der Waals surface area contributed by atoms with E-state index in [1.54, 1.807) is 12.1 Å². The normalized spacial score (nSPS) is 18.1. The van der Waals surface area contributed by atoms with E-state index in [9.17, 15) is 9.59 Å². The van der Waals surface area contributed by atoms with Crippen LogP contribution in [0.25, 0.3) is 0 Å². The van der Waals surface area contributed by atoms with Crippen LogP contribution >= 0.6 is 0 Å². The molecular formula is C16H17NO3. The first-order valence-electron chi connectivity index (χ1n) is 6.94. The van der Waals surface area contributed by atoms with Gasteiger partial charge in [-0.15, -0.1) is 0 Å². The number of benzene rings is 1. The van der Waals surface area contributed by atoms with E-state index in [2.05, 4.69) is 12.2 Å². The van der Waals surface area contributed by atoms with Gasteiger partial charge in [-0.25, -0.2) is 4.79 Å². The molecule has 1 aromatic rings. The Hall–Kier alpha value is -2.10. The number of carboxylic acid groups (broad SMARTS) is 1. The zero-order valence-corrected chi connectivity index (χ0v) is 11.2. The summed E-state index contributed by atoms with van der Waals surface area (Å²) in [5.41, 5.74) is 2.42. The van der Waals surface area contributed by atoms with Crippen molar-refractivity contribution in [3.05, 3.63) is 47.0 Å². The molecule has 0 radical (unpaired) electrons. The van der Waals surface area contributed by atoms with Gasteiger partial charge in [0.1, 0.15) is 0 Å². The number of carbonyl (C=O) groups is 2. The minimum Gasteiger partial charge on any atom is -0.478 e. The summed E-state index contributed by atoms with van der Waals surface area (Å²) in [4.78, 5) is 25.3. The highest BCUT2D eigenvalue weighted by molar-refractivity contribution is 5.88. The first-order chi connectivity index (χ1) is 9.65. The molecule has 4 nitrogen and oxygen atoms in total. The van der Waals surface area contributed by atoms with Gasteiger partial charge in [-0.3, -0.25) is 4.79 Å². The fourth-order valence-corrected chi connectivity index (χ4v) is 2.96.